The molecule has 0 saturated carbocycles. The van der Waals surface area contributed by atoms with Crippen molar-refractivity contribution in [3.05, 3.63) is 27.7 Å². The van der Waals surface area contributed by atoms with Crippen LogP contribution in [0.5, 0.6) is 0 Å². The largest absolute Gasteiger partial charge is 0.322 e. The molecule has 0 aliphatic carbocycles. The van der Waals surface area contributed by atoms with Crippen molar-refractivity contribution in [3.8, 4) is 0 Å². The average molecular weight is 331 g/mol. The van der Waals surface area contributed by atoms with Crippen molar-refractivity contribution < 1.29 is 4.79 Å². The predicted molar refractivity (Wildman–Crippen MR) is 91.4 cm³/mol. The van der Waals surface area contributed by atoms with Gasteiger partial charge in [-0.1, -0.05) is 50.0 Å². The number of hydrogen-bond donors (Lipinski definition) is 1. The SMILES string of the molecule is Cc1ccc(Cl)c(NC(=O)CN(C)C(C)C(C)(C)C)c1Cl. The molecule has 1 aromatic carbocycles. The normalized spacial score (nSPS) is 13.4. The van der Waals surface area contributed by atoms with Crippen molar-refractivity contribution in [1.29, 1.82) is 0 Å². The Bertz CT molecular complexity index is 524. The summed E-state index contributed by atoms with van der Waals surface area (Å²) < 4.78 is 0. The van der Waals surface area contributed by atoms with Crippen LogP contribution < -0.4 is 5.32 Å². The molecular weight excluding hydrogens is 307 g/mol. The van der Waals surface area contributed by atoms with E-state index in [4.69, 9.17) is 23.2 Å². The fraction of sp³-hybridized carbons (Fsp3) is 0.562. The molecule has 1 aromatic rings. The topological polar surface area (TPSA) is 32.3 Å². The highest BCUT2D eigenvalue weighted by Gasteiger charge is 2.25. The average Bonchev–Trinajstić information content (AvgIpc) is 2.37. The summed E-state index contributed by atoms with van der Waals surface area (Å²) in [4.78, 5) is 14.2. The Morgan fingerprint density at radius 2 is 1.90 bits per heavy atom. The van der Waals surface area contributed by atoms with Crippen LogP contribution in [0, 0.1) is 12.3 Å². The van der Waals surface area contributed by atoms with Gasteiger partial charge in [0.2, 0.25) is 5.91 Å². The first-order chi connectivity index (χ1) is 9.54. The van der Waals surface area contributed by atoms with Crippen LogP contribution in [0.3, 0.4) is 0 Å². The number of anilines is 1. The van der Waals surface area contributed by atoms with Gasteiger partial charge in [-0.05, 0) is 37.9 Å². The van der Waals surface area contributed by atoms with Gasteiger partial charge in [-0.15, -0.1) is 0 Å². The van der Waals surface area contributed by atoms with E-state index in [2.05, 4.69) is 33.0 Å². The van der Waals surface area contributed by atoms with Gasteiger partial charge in [-0.3, -0.25) is 9.69 Å². The van der Waals surface area contributed by atoms with Gasteiger partial charge < -0.3 is 5.32 Å². The molecule has 1 amide bonds. The molecule has 0 aromatic heterocycles. The number of amides is 1. The van der Waals surface area contributed by atoms with Crippen LogP contribution in [-0.4, -0.2) is 30.4 Å². The van der Waals surface area contributed by atoms with Crippen LogP contribution >= 0.6 is 23.2 Å². The Morgan fingerprint density at radius 3 is 2.43 bits per heavy atom. The van der Waals surface area contributed by atoms with Crippen molar-refractivity contribution in [2.45, 2.75) is 40.7 Å². The summed E-state index contributed by atoms with van der Waals surface area (Å²) in [5.41, 5.74) is 1.47. The van der Waals surface area contributed by atoms with Gasteiger partial charge in [-0.2, -0.15) is 0 Å². The maximum atomic E-state index is 12.2. The van der Waals surface area contributed by atoms with Crippen LogP contribution in [0.2, 0.25) is 10.0 Å². The highest BCUT2D eigenvalue weighted by Crippen LogP contribution is 2.33. The summed E-state index contributed by atoms with van der Waals surface area (Å²) in [7, 11) is 1.94. The van der Waals surface area contributed by atoms with Gasteiger partial charge in [0, 0.05) is 6.04 Å². The highest BCUT2D eigenvalue weighted by atomic mass is 35.5. The molecule has 0 aliphatic rings. The lowest BCUT2D eigenvalue weighted by Crippen LogP contribution is -2.43. The lowest BCUT2D eigenvalue weighted by atomic mass is 9.87. The molecule has 1 N–H and O–H groups in total. The van der Waals surface area contributed by atoms with Crippen molar-refractivity contribution in [3.63, 3.8) is 0 Å². The van der Waals surface area contributed by atoms with Gasteiger partial charge in [0.1, 0.15) is 0 Å². The van der Waals surface area contributed by atoms with E-state index < -0.39 is 0 Å². The molecule has 0 fully saturated rings. The summed E-state index contributed by atoms with van der Waals surface area (Å²) in [5.74, 6) is -0.122. The number of rotatable bonds is 4. The van der Waals surface area contributed by atoms with E-state index in [0.717, 1.165) is 5.56 Å². The van der Waals surface area contributed by atoms with E-state index >= 15 is 0 Å². The fourth-order valence-corrected chi connectivity index (χ4v) is 2.44. The molecule has 118 valence electrons. The summed E-state index contributed by atoms with van der Waals surface area (Å²) in [5, 5.41) is 3.75. The molecular formula is C16H24Cl2N2O. The minimum atomic E-state index is -0.122. The molecule has 0 heterocycles. The summed E-state index contributed by atoms with van der Waals surface area (Å²) in [6, 6.07) is 3.83. The summed E-state index contributed by atoms with van der Waals surface area (Å²) in [6.45, 7) is 10.7. The number of hydrogen-bond acceptors (Lipinski definition) is 2. The van der Waals surface area contributed by atoms with Crippen molar-refractivity contribution >= 4 is 34.8 Å². The molecule has 0 radical (unpaired) electrons. The monoisotopic (exact) mass is 330 g/mol. The van der Waals surface area contributed by atoms with Crippen LogP contribution in [0.15, 0.2) is 12.1 Å². The van der Waals surface area contributed by atoms with Gasteiger partial charge in [0.25, 0.3) is 0 Å². The molecule has 5 heteroatoms. The third-order valence-electron chi connectivity index (χ3n) is 3.86. The maximum Gasteiger partial charge on any atom is 0.238 e. The maximum absolute atomic E-state index is 12.2. The van der Waals surface area contributed by atoms with Crippen LogP contribution in [0.25, 0.3) is 0 Å². The molecule has 1 rings (SSSR count). The second-order valence-corrected chi connectivity index (χ2v) is 7.34. The zero-order valence-electron chi connectivity index (χ0n) is 13.6. The Hall–Kier alpha value is -0.770. The lowest BCUT2D eigenvalue weighted by molar-refractivity contribution is -0.117. The zero-order chi connectivity index (χ0) is 16.4. The van der Waals surface area contributed by atoms with Gasteiger partial charge in [0.05, 0.1) is 22.3 Å². The van der Waals surface area contributed by atoms with Gasteiger partial charge >= 0.3 is 0 Å². The van der Waals surface area contributed by atoms with Crippen LogP contribution in [-0.2, 0) is 4.79 Å². The number of halogens is 2. The first-order valence-electron chi connectivity index (χ1n) is 6.98. The van der Waals surface area contributed by atoms with E-state index in [-0.39, 0.29) is 17.4 Å². The van der Waals surface area contributed by atoms with Crippen molar-refractivity contribution in [2.24, 2.45) is 5.41 Å². The minimum Gasteiger partial charge on any atom is -0.322 e. The Kier molecular flexibility index (Phi) is 6.09. The Labute approximate surface area is 137 Å². The Balaban J connectivity index is 2.78. The lowest BCUT2D eigenvalue weighted by Gasteiger charge is -2.34. The van der Waals surface area contributed by atoms with E-state index in [1.54, 1.807) is 6.07 Å². The smallest absolute Gasteiger partial charge is 0.238 e. The number of aryl methyl sites for hydroxylation is 1. The predicted octanol–water partition coefficient (Wildman–Crippen LogP) is 4.61. The van der Waals surface area contributed by atoms with Gasteiger partial charge in [0.15, 0.2) is 0 Å². The number of carbonyl (C=O) groups is 1. The molecule has 0 bridgehead atoms. The summed E-state index contributed by atoms with van der Waals surface area (Å²) >= 11 is 12.3. The van der Waals surface area contributed by atoms with Crippen LogP contribution in [0.1, 0.15) is 33.3 Å². The second kappa shape index (κ2) is 6.99. The summed E-state index contributed by atoms with van der Waals surface area (Å²) in [6.07, 6.45) is 0. The number of nitrogens with zero attached hydrogens (tertiary/aromatic N) is 1. The van der Waals surface area contributed by atoms with E-state index in [1.807, 2.05) is 24.9 Å². The molecule has 1 atom stereocenters. The first kappa shape index (κ1) is 18.3. The van der Waals surface area contributed by atoms with Crippen molar-refractivity contribution in [1.82, 2.24) is 4.90 Å². The standard InChI is InChI=1S/C16H24Cl2N2O/c1-10-7-8-12(17)15(14(10)18)19-13(21)9-20(6)11(2)16(3,4)5/h7-8,11H,9H2,1-6H3,(H,19,21). The zero-order valence-corrected chi connectivity index (χ0v) is 15.1. The number of carbonyl (C=O) groups excluding carboxylic acids is 1. The third-order valence-corrected chi connectivity index (χ3v) is 4.66. The minimum absolute atomic E-state index is 0.105. The van der Waals surface area contributed by atoms with Gasteiger partial charge in [-0.25, -0.2) is 0 Å². The van der Waals surface area contributed by atoms with E-state index in [9.17, 15) is 4.79 Å². The molecule has 0 spiro atoms. The van der Waals surface area contributed by atoms with E-state index in [0.29, 0.717) is 22.3 Å². The second-order valence-electron chi connectivity index (χ2n) is 6.56. The van der Waals surface area contributed by atoms with E-state index in [1.165, 1.54) is 0 Å². The number of nitrogens with one attached hydrogen (secondary N) is 1. The third kappa shape index (κ3) is 4.87. The van der Waals surface area contributed by atoms with Crippen LogP contribution in [0.4, 0.5) is 5.69 Å². The highest BCUT2D eigenvalue weighted by molar-refractivity contribution is 6.40. The number of benzene rings is 1. The molecule has 3 nitrogen and oxygen atoms in total. The molecule has 0 aliphatic heterocycles. The Morgan fingerprint density at radius 1 is 1.33 bits per heavy atom. The number of likely N-dealkylation sites (N-methyl/N-ethyl adjacent to an activating group) is 1. The quantitative estimate of drug-likeness (QED) is 0.874. The fourth-order valence-electron chi connectivity index (χ4n) is 1.97. The molecule has 1 unspecified atom stereocenters. The molecule has 0 saturated heterocycles. The first-order valence-corrected chi connectivity index (χ1v) is 7.74. The molecule has 21 heavy (non-hydrogen) atoms. The van der Waals surface area contributed by atoms with Crippen molar-refractivity contribution in [2.75, 3.05) is 18.9 Å².